The number of pyridine rings is 1. The molecule has 1 aromatic heterocycles. The van der Waals surface area contributed by atoms with E-state index in [-0.39, 0.29) is 12.5 Å². The standard InChI is InChI=1S/C17H22N2O2/c1-2-19(15-10-4-3-5-11-15)17(21)16-14(9-7-13-20)8-6-12-18-16/h6,8,12,15,20H,2-5,10-11,13H2,1H3. The molecule has 1 aliphatic rings. The molecule has 4 nitrogen and oxygen atoms in total. The molecule has 1 heterocycles. The Balaban J connectivity index is 2.24. The van der Waals surface area contributed by atoms with Gasteiger partial charge in [-0.2, -0.15) is 0 Å². The van der Waals surface area contributed by atoms with Crippen LogP contribution < -0.4 is 0 Å². The molecule has 0 aromatic carbocycles. The van der Waals surface area contributed by atoms with E-state index in [4.69, 9.17) is 5.11 Å². The molecule has 1 fully saturated rings. The van der Waals surface area contributed by atoms with Gasteiger partial charge in [-0.15, -0.1) is 0 Å². The van der Waals surface area contributed by atoms with E-state index in [2.05, 4.69) is 16.8 Å². The van der Waals surface area contributed by atoms with Gasteiger partial charge in [0.2, 0.25) is 0 Å². The van der Waals surface area contributed by atoms with Crippen molar-refractivity contribution in [2.45, 2.75) is 45.1 Å². The Labute approximate surface area is 126 Å². The van der Waals surface area contributed by atoms with E-state index in [1.54, 1.807) is 18.3 Å². The van der Waals surface area contributed by atoms with Gasteiger partial charge in [-0.3, -0.25) is 4.79 Å². The molecule has 1 N–H and O–H groups in total. The number of rotatable bonds is 3. The van der Waals surface area contributed by atoms with Crippen LogP contribution in [0.2, 0.25) is 0 Å². The van der Waals surface area contributed by atoms with E-state index in [1.807, 2.05) is 11.8 Å². The van der Waals surface area contributed by atoms with Crippen LogP contribution in [0.1, 0.15) is 55.1 Å². The van der Waals surface area contributed by atoms with Crippen LogP contribution in [0.5, 0.6) is 0 Å². The molecule has 1 amide bonds. The highest BCUT2D eigenvalue weighted by Crippen LogP contribution is 2.24. The third kappa shape index (κ3) is 3.83. The van der Waals surface area contributed by atoms with Gasteiger partial charge in [0.1, 0.15) is 12.3 Å². The summed E-state index contributed by atoms with van der Waals surface area (Å²) in [6, 6.07) is 3.85. The van der Waals surface area contributed by atoms with Crippen molar-refractivity contribution in [1.82, 2.24) is 9.88 Å². The van der Waals surface area contributed by atoms with Crippen LogP contribution in [-0.2, 0) is 0 Å². The molecule has 1 saturated carbocycles. The van der Waals surface area contributed by atoms with Crippen molar-refractivity contribution in [3.8, 4) is 11.8 Å². The van der Waals surface area contributed by atoms with Crippen molar-refractivity contribution in [2.24, 2.45) is 0 Å². The summed E-state index contributed by atoms with van der Waals surface area (Å²) in [5.41, 5.74) is 0.983. The summed E-state index contributed by atoms with van der Waals surface area (Å²) in [7, 11) is 0. The van der Waals surface area contributed by atoms with Gasteiger partial charge < -0.3 is 10.0 Å². The summed E-state index contributed by atoms with van der Waals surface area (Å²) in [6.07, 6.45) is 7.40. The van der Waals surface area contributed by atoms with Crippen LogP contribution in [0.15, 0.2) is 18.3 Å². The fourth-order valence-corrected chi connectivity index (χ4v) is 2.91. The first-order valence-electron chi connectivity index (χ1n) is 7.63. The summed E-state index contributed by atoms with van der Waals surface area (Å²) >= 11 is 0. The summed E-state index contributed by atoms with van der Waals surface area (Å²) in [5.74, 6) is 5.36. The van der Waals surface area contributed by atoms with E-state index < -0.39 is 0 Å². The van der Waals surface area contributed by atoms with E-state index in [9.17, 15) is 4.79 Å². The molecule has 0 aliphatic heterocycles. The van der Waals surface area contributed by atoms with Gasteiger partial charge in [0.15, 0.2) is 0 Å². The Bertz CT molecular complexity index is 539. The van der Waals surface area contributed by atoms with Crippen molar-refractivity contribution >= 4 is 5.91 Å². The largest absolute Gasteiger partial charge is 0.384 e. The van der Waals surface area contributed by atoms with Gasteiger partial charge in [-0.1, -0.05) is 31.1 Å². The second kappa shape index (κ2) is 7.80. The number of aliphatic hydroxyl groups is 1. The normalized spacial score (nSPS) is 15.1. The number of hydrogen-bond donors (Lipinski definition) is 1. The fourth-order valence-electron chi connectivity index (χ4n) is 2.91. The maximum absolute atomic E-state index is 12.8. The summed E-state index contributed by atoms with van der Waals surface area (Å²) in [6.45, 7) is 2.48. The molecule has 0 spiro atoms. The highest BCUT2D eigenvalue weighted by Gasteiger charge is 2.26. The minimum atomic E-state index is -0.220. The molecule has 0 bridgehead atoms. The lowest BCUT2D eigenvalue weighted by Gasteiger charge is -2.33. The van der Waals surface area contributed by atoms with Gasteiger partial charge in [-0.25, -0.2) is 4.98 Å². The molecular weight excluding hydrogens is 264 g/mol. The third-order valence-electron chi connectivity index (χ3n) is 3.93. The van der Waals surface area contributed by atoms with Crippen molar-refractivity contribution in [3.63, 3.8) is 0 Å². The monoisotopic (exact) mass is 286 g/mol. The Morgan fingerprint density at radius 1 is 1.43 bits per heavy atom. The molecule has 21 heavy (non-hydrogen) atoms. The second-order valence-corrected chi connectivity index (χ2v) is 5.24. The van der Waals surface area contributed by atoms with E-state index in [0.717, 1.165) is 12.8 Å². The van der Waals surface area contributed by atoms with Gasteiger partial charge in [0.25, 0.3) is 5.91 Å². The maximum Gasteiger partial charge on any atom is 0.273 e. The number of carbonyl (C=O) groups excluding carboxylic acids is 1. The van der Waals surface area contributed by atoms with Gasteiger partial charge in [-0.05, 0) is 31.9 Å². The molecule has 4 heteroatoms. The van der Waals surface area contributed by atoms with Crippen molar-refractivity contribution in [1.29, 1.82) is 0 Å². The SMILES string of the molecule is CCN(C(=O)c1ncccc1C#CCO)C1CCCCC1. The Hall–Kier alpha value is -1.86. The predicted octanol–water partition coefficient (Wildman–Crippen LogP) is 2.22. The lowest BCUT2D eigenvalue weighted by molar-refractivity contribution is 0.0641. The van der Waals surface area contributed by atoms with Gasteiger partial charge in [0.05, 0.1) is 5.56 Å². The number of carbonyl (C=O) groups is 1. The van der Waals surface area contributed by atoms with Crippen LogP contribution in [-0.4, -0.2) is 40.1 Å². The first-order chi connectivity index (χ1) is 10.3. The molecule has 0 atom stereocenters. The van der Waals surface area contributed by atoms with Gasteiger partial charge >= 0.3 is 0 Å². The molecule has 1 aromatic rings. The lowest BCUT2D eigenvalue weighted by atomic mass is 9.94. The molecule has 112 valence electrons. The van der Waals surface area contributed by atoms with Crippen LogP contribution in [0, 0.1) is 11.8 Å². The molecule has 0 saturated heterocycles. The minimum absolute atomic E-state index is 0.0489. The number of hydrogen-bond acceptors (Lipinski definition) is 3. The van der Waals surface area contributed by atoms with Crippen LogP contribution in [0.25, 0.3) is 0 Å². The third-order valence-corrected chi connectivity index (χ3v) is 3.93. The summed E-state index contributed by atoms with van der Waals surface area (Å²) in [4.78, 5) is 18.9. The second-order valence-electron chi connectivity index (χ2n) is 5.24. The molecular formula is C17H22N2O2. The smallest absolute Gasteiger partial charge is 0.273 e. The van der Waals surface area contributed by atoms with Crippen LogP contribution >= 0.6 is 0 Å². The number of aromatic nitrogens is 1. The van der Waals surface area contributed by atoms with Gasteiger partial charge in [0, 0.05) is 18.8 Å². The number of nitrogens with zero attached hydrogens (tertiary/aromatic N) is 2. The molecule has 0 radical (unpaired) electrons. The van der Waals surface area contributed by atoms with E-state index in [1.165, 1.54) is 19.3 Å². The minimum Gasteiger partial charge on any atom is -0.384 e. The fraction of sp³-hybridized carbons (Fsp3) is 0.529. The first kappa shape index (κ1) is 15.5. The lowest BCUT2D eigenvalue weighted by Crippen LogP contribution is -2.41. The van der Waals surface area contributed by atoms with Crippen molar-refractivity contribution in [3.05, 3.63) is 29.6 Å². The van der Waals surface area contributed by atoms with E-state index >= 15 is 0 Å². The predicted molar refractivity (Wildman–Crippen MR) is 81.8 cm³/mol. The van der Waals surface area contributed by atoms with Crippen molar-refractivity contribution in [2.75, 3.05) is 13.2 Å². The maximum atomic E-state index is 12.8. The Morgan fingerprint density at radius 3 is 2.86 bits per heavy atom. The summed E-state index contributed by atoms with van der Waals surface area (Å²) < 4.78 is 0. The zero-order chi connectivity index (χ0) is 15.1. The Kier molecular flexibility index (Phi) is 5.77. The Morgan fingerprint density at radius 2 is 2.19 bits per heavy atom. The van der Waals surface area contributed by atoms with Crippen molar-refractivity contribution < 1.29 is 9.90 Å². The zero-order valence-electron chi connectivity index (χ0n) is 12.5. The molecule has 0 unspecified atom stereocenters. The summed E-state index contributed by atoms with van der Waals surface area (Å²) in [5, 5.41) is 8.83. The molecule has 2 rings (SSSR count). The quantitative estimate of drug-likeness (QED) is 0.867. The average Bonchev–Trinajstić information content (AvgIpc) is 2.55. The topological polar surface area (TPSA) is 53.4 Å². The number of aliphatic hydroxyl groups excluding tert-OH is 1. The van der Waals surface area contributed by atoms with E-state index in [0.29, 0.717) is 23.8 Å². The highest BCUT2D eigenvalue weighted by molar-refractivity contribution is 5.95. The first-order valence-corrected chi connectivity index (χ1v) is 7.63. The molecule has 1 aliphatic carbocycles. The van der Waals surface area contributed by atoms with Crippen LogP contribution in [0.3, 0.4) is 0 Å². The number of amides is 1. The van der Waals surface area contributed by atoms with Crippen LogP contribution in [0.4, 0.5) is 0 Å². The highest BCUT2D eigenvalue weighted by atomic mass is 16.2. The average molecular weight is 286 g/mol. The zero-order valence-corrected chi connectivity index (χ0v) is 12.5.